The molecule has 5 heteroatoms. The molecule has 110 valence electrons. The molecule has 0 saturated heterocycles. The van der Waals surface area contributed by atoms with E-state index in [-0.39, 0.29) is 0 Å². The lowest BCUT2D eigenvalue weighted by Gasteiger charge is -2.13. The van der Waals surface area contributed by atoms with Crippen molar-refractivity contribution >= 4 is 37.5 Å². The van der Waals surface area contributed by atoms with Gasteiger partial charge in [-0.25, -0.2) is 0 Å². The molecule has 2 aromatic rings. The average Bonchev–Trinajstić information content (AvgIpc) is 2.72. The quantitative estimate of drug-likeness (QED) is 0.770. The second-order valence-corrected chi connectivity index (χ2v) is 6.59. The molecule has 0 bridgehead atoms. The van der Waals surface area contributed by atoms with Gasteiger partial charge >= 0.3 is 0 Å². The molecule has 1 aliphatic heterocycles. The fourth-order valence-corrected chi connectivity index (χ4v) is 3.03. The van der Waals surface area contributed by atoms with Gasteiger partial charge in [-0.2, -0.15) is 0 Å². The topological polar surface area (TPSA) is 30.5 Å². The maximum atomic E-state index is 5.75. The molecule has 0 fully saturated rings. The van der Waals surface area contributed by atoms with Crippen LogP contribution in [0.2, 0.25) is 0 Å². The van der Waals surface area contributed by atoms with Crippen molar-refractivity contribution in [2.75, 3.05) is 18.5 Å². The van der Waals surface area contributed by atoms with E-state index in [1.165, 1.54) is 0 Å². The number of benzene rings is 2. The van der Waals surface area contributed by atoms with E-state index in [9.17, 15) is 0 Å². The molecule has 0 unspecified atom stereocenters. The van der Waals surface area contributed by atoms with Crippen LogP contribution in [0.1, 0.15) is 12.0 Å². The smallest absolute Gasteiger partial charge is 0.175 e. The maximum absolute atomic E-state index is 5.75. The molecule has 3 rings (SSSR count). The van der Waals surface area contributed by atoms with Crippen LogP contribution in [0.4, 0.5) is 5.69 Å². The van der Waals surface area contributed by atoms with Crippen LogP contribution in [-0.4, -0.2) is 13.2 Å². The Morgan fingerprint density at radius 1 is 1.00 bits per heavy atom. The van der Waals surface area contributed by atoms with Crippen molar-refractivity contribution in [2.45, 2.75) is 13.0 Å². The Hall–Kier alpha value is -1.20. The average molecular weight is 413 g/mol. The summed E-state index contributed by atoms with van der Waals surface area (Å²) >= 11 is 7.00. The second kappa shape index (κ2) is 6.71. The Balaban J connectivity index is 1.75. The van der Waals surface area contributed by atoms with Crippen LogP contribution < -0.4 is 14.8 Å². The van der Waals surface area contributed by atoms with Gasteiger partial charge in [0.25, 0.3) is 0 Å². The number of halogens is 2. The van der Waals surface area contributed by atoms with Crippen LogP contribution in [0.5, 0.6) is 11.5 Å². The highest BCUT2D eigenvalue weighted by Gasteiger charge is 2.15. The summed E-state index contributed by atoms with van der Waals surface area (Å²) in [6.45, 7) is 2.13. The summed E-state index contributed by atoms with van der Waals surface area (Å²) in [7, 11) is 0. The minimum absolute atomic E-state index is 0.697. The molecule has 0 spiro atoms. The van der Waals surface area contributed by atoms with Gasteiger partial charge in [-0.3, -0.25) is 0 Å². The zero-order valence-electron chi connectivity index (χ0n) is 11.4. The van der Waals surface area contributed by atoms with Crippen molar-refractivity contribution < 1.29 is 9.47 Å². The van der Waals surface area contributed by atoms with Gasteiger partial charge in [0.15, 0.2) is 11.5 Å². The van der Waals surface area contributed by atoms with Crippen molar-refractivity contribution in [3.63, 3.8) is 0 Å². The lowest BCUT2D eigenvalue weighted by Crippen LogP contribution is -2.01. The van der Waals surface area contributed by atoms with E-state index in [4.69, 9.17) is 9.47 Å². The third-order valence-electron chi connectivity index (χ3n) is 3.20. The summed E-state index contributed by atoms with van der Waals surface area (Å²) in [4.78, 5) is 0. The highest BCUT2D eigenvalue weighted by molar-refractivity contribution is 9.10. The fourth-order valence-electron chi connectivity index (χ4n) is 2.16. The molecular formula is C16H15Br2NO2. The largest absolute Gasteiger partial charge is 0.490 e. The number of rotatable bonds is 3. The van der Waals surface area contributed by atoms with Crippen molar-refractivity contribution in [3.8, 4) is 11.5 Å². The molecule has 21 heavy (non-hydrogen) atoms. The fraction of sp³-hybridized carbons (Fsp3) is 0.250. The Kier molecular flexibility index (Phi) is 4.70. The van der Waals surface area contributed by atoms with Gasteiger partial charge in [0, 0.05) is 23.1 Å². The lowest BCUT2D eigenvalue weighted by atomic mass is 10.2. The summed E-state index contributed by atoms with van der Waals surface area (Å²) in [5.41, 5.74) is 2.23. The predicted molar refractivity (Wildman–Crippen MR) is 91.2 cm³/mol. The molecule has 0 aliphatic carbocycles. The molecule has 0 aromatic heterocycles. The number of ether oxygens (including phenoxy) is 2. The Morgan fingerprint density at radius 3 is 2.57 bits per heavy atom. The van der Waals surface area contributed by atoms with Gasteiger partial charge in [-0.15, -0.1) is 0 Å². The summed E-state index contributed by atoms with van der Waals surface area (Å²) in [6, 6.07) is 12.2. The Morgan fingerprint density at radius 2 is 1.76 bits per heavy atom. The SMILES string of the molecule is Brc1ccc(NCc2cc(Br)c3c(c2)OCCCO3)cc1. The second-order valence-electron chi connectivity index (χ2n) is 4.82. The third kappa shape index (κ3) is 3.71. The summed E-state index contributed by atoms with van der Waals surface area (Å²) in [5, 5.41) is 3.40. The van der Waals surface area contributed by atoms with Crippen molar-refractivity contribution in [3.05, 3.63) is 50.9 Å². The van der Waals surface area contributed by atoms with Crippen molar-refractivity contribution in [1.29, 1.82) is 0 Å². The van der Waals surface area contributed by atoms with Crippen molar-refractivity contribution in [1.82, 2.24) is 0 Å². The molecule has 0 amide bonds. The van der Waals surface area contributed by atoms with Gasteiger partial charge in [0.05, 0.1) is 17.7 Å². The monoisotopic (exact) mass is 411 g/mol. The van der Waals surface area contributed by atoms with E-state index in [0.717, 1.165) is 44.7 Å². The molecule has 0 atom stereocenters. The number of hydrogen-bond acceptors (Lipinski definition) is 3. The number of fused-ring (bicyclic) bond motifs is 1. The summed E-state index contributed by atoms with van der Waals surface area (Å²) in [5.74, 6) is 1.62. The number of anilines is 1. The molecule has 0 saturated carbocycles. The first-order chi connectivity index (χ1) is 10.2. The van der Waals surface area contributed by atoms with E-state index < -0.39 is 0 Å². The van der Waals surface area contributed by atoms with E-state index in [1.807, 2.05) is 30.3 Å². The summed E-state index contributed by atoms with van der Waals surface area (Å²) in [6.07, 6.45) is 0.910. The molecule has 1 aliphatic rings. The first kappa shape index (κ1) is 14.7. The van der Waals surface area contributed by atoms with E-state index in [0.29, 0.717) is 13.2 Å². The maximum Gasteiger partial charge on any atom is 0.175 e. The first-order valence-electron chi connectivity index (χ1n) is 6.80. The third-order valence-corrected chi connectivity index (χ3v) is 4.32. The zero-order valence-corrected chi connectivity index (χ0v) is 14.5. The molecule has 0 radical (unpaired) electrons. The Labute approximate surface area is 140 Å². The number of hydrogen-bond donors (Lipinski definition) is 1. The normalized spacial score (nSPS) is 13.6. The first-order valence-corrected chi connectivity index (χ1v) is 8.38. The van der Waals surface area contributed by atoms with Gasteiger partial charge in [-0.05, 0) is 57.9 Å². The number of nitrogens with one attached hydrogen (secondary N) is 1. The van der Waals surface area contributed by atoms with Gasteiger partial charge in [0.1, 0.15) is 0 Å². The van der Waals surface area contributed by atoms with Crippen LogP contribution in [0.3, 0.4) is 0 Å². The molecule has 2 aromatic carbocycles. The molecular weight excluding hydrogens is 398 g/mol. The Bertz CT molecular complexity index is 629. The van der Waals surface area contributed by atoms with E-state index >= 15 is 0 Å². The van der Waals surface area contributed by atoms with Crippen molar-refractivity contribution in [2.24, 2.45) is 0 Å². The van der Waals surface area contributed by atoms with Crippen LogP contribution in [0.25, 0.3) is 0 Å². The minimum atomic E-state index is 0.697. The van der Waals surface area contributed by atoms with E-state index in [1.54, 1.807) is 0 Å². The molecule has 1 N–H and O–H groups in total. The lowest BCUT2D eigenvalue weighted by molar-refractivity contribution is 0.296. The van der Waals surface area contributed by atoms with Crippen LogP contribution in [0, 0.1) is 0 Å². The molecule has 3 nitrogen and oxygen atoms in total. The van der Waals surface area contributed by atoms with Gasteiger partial charge in [0.2, 0.25) is 0 Å². The highest BCUT2D eigenvalue weighted by Crippen LogP contribution is 2.38. The highest BCUT2D eigenvalue weighted by atomic mass is 79.9. The summed E-state index contributed by atoms with van der Waals surface area (Å²) < 4.78 is 13.5. The van der Waals surface area contributed by atoms with Crippen LogP contribution in [-0.2, 0) is 6.54 Å². The predicted octanol–water partition coefficient (Wildman–Crippen LogP) is 4.99. The van der Waals surface area contributed by atoms with Gasteiger partial charge < -0.3 is 14.8 Å². The standard InChI is InChI=1S/C16H15Br2NO2/c17-12-2-4-13(5-3-12)19-10-11-8-14(18)16-15(9-11)20-6-1-7-21-16/h2-5,8-9,19H,1,6-7,10H2. The van der Waals surface area contributed by atoms with E-state index in [2.05, 4.69) is 43.2 Å². The minimum Gasteiger partial charge on any atom is -0.490 e. The molecule has 1 heterocycles. The van der Waals surface area contributed by atoms with Crippen LogP contribution in [0.15, 0.2) is 45.3 Å². The zero-order chi connectivity index (χ0) is 14.7. The van der Waals surface area contributed by atoms with Crippen LogP contribution >= 0.6 is 31.9 Å². The van der Waals surface area contributed by atoms with Gasteiger partial charge in [-0.1, -0.05) is 15.9 Å².